The number of carbonyl (C=O) groups excluding carboxylic acids is 1. The van der Waals surface area contributed by atoms with Crippen molar-refractivity contribution in [3.8, 4) is 0 Å². The second kappa shape index (κ2) is 6.65. The van der Waals surface area contributed by atoms with E-state index in [1.165, 1.54) is 0 Å². The lowest BCUT2D eigenvalue weighted by atomic mass is 10.1. The van der Waals surface area contributed by atoms with Crippen molar-refractivity contribution in [2.45, 2.75) is 31.9 Å². The van der Waals surface area contributed by atoms with Crippen LogP contribution in [0.1, 0.15) is 47.2 Å². The zero-order chi connectivity index (χ0) is 15.4. The monoisotopic (exact) mass is 301 g/mol. The van der Waals surface area contributed by atoms with E-state index < -0.39 is 0 Å². The molecule has 0 saturated carbocycles. The van der Waals surface area contributed by atoms with Gasteiger partial charge in [-0.1, -0.05) is 0 Å². The summed E-state index contributed by atoms with van der Waals surface area (Å²) < 4.78 is 7.25. The molecule has 1 aliphatic heterocycles. The lowest BCUT2D eigenvalue weighted by molar-refractivity contribution is 0.00940. The molecule has 0 unspecified atom stereocenters. The van der Waals surface area contributed by atoms with Gasteiger partial charge in [0.15, 0.2) is 5.82 Å². The molecule has 22 heavy (non-hydrogen) atoms. The number of ether oxygens (including phenoxy) is 1. The molecule has 1 fully saturated rings. The minimum atomic E-state index is -0.208. The van der Waals surface area contributed by atoms with E-state index in [0.717, 1.165) is 37.3 Å². The second-order valence-electron chi connectivity index (χ2n) is 5.36. The molecule has 1 aliphatic rings. The Hall–Kier alpha value is -2.28. The molecule has 1 amide bonds. The Kier molecular flexibility index (Phi) is 4.43. The van der Waals surface area contributed by atoms with Gasteiger partial charge in [0.2, 0.25) is 0 Å². The zero-order valence-electron chi connectivity index (χ0n) is 12.5. The summed E-state index contributed by atoms with van der Waals surface area (Å²) in [7, 11) is 1.77. The van der Waals surface area contributed by atoms with Crippen LogP contribution >= 0.6 is 0 Å². The quantitative estimate of drug-likeness (QED) is 0.922. The van der Waals surface area contributed by atoms with Gasteiger partial charge in [0, 0.05) is 44.4 Å². The van der Waals surface area contributed by atoms with Crippen molar-refractivity contribution in [1.82, 2.24) is 25.1 Å². The second-order valence-corrected chi connectivity index (χ2v) is 5.36. The highest BCUT2D eigenvalue weighted by Crippen LogP contribution is 2.24. The summed E-state index contributed by atoms with van der Waals surface area (Å²) in [6.07, 6.45) is 8.43. The number of aryl methyl sites for hydroxylation is 1. The van der Waals surface area contributed by atoms with Crippen molar-refractivity contribution in [3.63, 3.8) is 0 Å². The Balaban J connectivity index is 1.55. The molecule has 116 valence electrons. The van der Waals surface area contributed by atoms with Gasteiger partial charge in [-0.3, -0.25) is 9.48 Å². The third-order valence-corrected chi connectivity index (χ3v) is 3.59. The van der Waals surface area contributed by atoms with Gasteiger partial charge in [-0.15, -0.1) is 0 Å². The first-order valence-corrected chi connectivity index (χ1v) is 7.42. The van der Waals surface area contributed by atoms with Gasteiger partial charge in [0.05, 0.1) is 0 Å². The van der Waals surface area contributed by atoms with Crippen LogP contribution < -0.4 is 5.32 Å². The van der Waals surface area contributed by atoms with Gasteiger partial charge >= 0.3 is 0 Å². The molecule has 1 saturated heterocycles. The van der Waals surface area contributed by atoms with E-state index in [1.54, 1.807) is 36.4 Å². The number of hydrogen-bond acceptors (Lipinski definition) is 5. The summed E-state index contributed by atoms with van der Waals surface area (Å²) in [6, 6.07) is 1.68. The Morgan fingerprint density at radius 1 is 1.41 bits per heavy atom. The maximum Gasteiger partial charge on any atom is 0.272 e. The van der Waals surface area contributed by atoms with E-state index in [9.17, 15) is 4.79 Å². The summed E-state index contributed by atoms with van der Waals surface area (Å²) in [6.45, 7) is 1.15. The molecular formula is C15H19N5O2. The maximum atomic E-state index is 11.9. The maximum absolute atomic E-state index is 11.9. The Labute approximate surface area is 128 Å². The van der Waals surface area contributed by atoms with Crippen LogP contribution in [0.25, 0.3) is 0 Å². The van der Waals surface area contributed by atoms with Gasteiger partial charge < -0.3 is 10.1 Å². The smallest absolute Gasteiger partial charge is 0.272 e. The van der Waals surface area contributed by atoms with Crippen molar-refractivity contribution in [3.05, 3.63) is 41.7 Å². The third kappa shape index (κ3) is 3.48. The summed E-state index contributed by atoms with van der Waals surface area (Å²) in [5, 5.41) is 6.86. The highest BCUT2D eigenvalue weighted by Gasteiger charge is 2.18. The van der Waals surface area contributed by atoms with E-state index >= 15 is 0 Å². The van der Waals surface area contributed by atoms with Crippen molar-refractivity contribution in [1.29, 1.82) is 0 Å². The summed E-state index contributed by atoms with van der Waals surface area (Å²) in [4.78, 5) is 20.6. The summed E-state index contributed by atoms with van der Waals surface area (Å²) >= 11 is 0. The van der Waals surface area contributed by atoms with Gasteiger partial charge in [0.25, 0.3) is 5.91 Å². The molecule has 3 heterocycles. The predicted molar refractivity (Wildman–Crippen MR) is 79.0 cm³/mol. The van der Waals surface area contributed by atoms with Gasteiger partial charge in [0.1, 0.15) is 11.8 Å². The van der Waals surface area contributed by atoms with E-state index in [2.05, 4.69) is 20.4 Å². The normalized spacial score (nSPS) is 18.1. The SMILES string of the molecule is Cn1ccc(C(=O)NCc2cnc([C@@H]3CCCCO3)nc2)n1. The van der Waals surface area contributed by atoms with E-state index in [1.807, 2.05) is 0 Å². The predicted octanol–water partition coefficient (Wildman–Crippen LogP) is 1.38. The first-order chi connectivity index (χ1) is 10.7. The molecule has 2 aromatic heterocycles. The van der Waals surface area contributed by atoms with E-state index in [0.29, 0.717) is 12.2 Å². The molecule has 1 N–H and O–H groups in total. The number of nitrogens with one attached hydrogen (secondary N) is 1. The molecular weight excluding hydrogens is 282 g/mol. The average Bonchev–Trinajstić information content (AvgIpc) is 3.00. The van der Waals surface area contributed by atoms with Crippen LogP contribution in [-0.4, -0.2) is 32.3 Å². The van der Waals surface area contributed by atoms with Crippen molar-refractivity contribution in [2.24, 2.45) is 7.05 Å². The number of amides is 1. The van der Waals surface area contributed by atoms with Gasteiger partial charge in [-0.2, -0.15) is 5.10 Å². The Morgan fingerprint density at radius 3 is 2.86 bits per heavy atom. The van der Waals surface area contributed by atoms with Crippen molar-refractivity contribution in [2.75, 3.05) is 6.61 Å². The largest absolute Gasteiger partial charge is 0.370 e. The molecule has 2 aromatic rings. The van der Waals surface area contributed by atoms with E-state index in [-0.39, 0.29) is 12.0 Å². The lowest BCUT2D eigenvalue weighted by Crippen LogP contribution is -2.23. The first kappa shape index (κ1) is 14.6. The zero-order valence-corrected chi connectivity index (χ0v) is 12.5. The average molecular weight is 301 g/mol. The highest BCUT2D eigenvalue weighted by molar-refractivity contribution is 5.92. The Morgan fingerprint density at radius 2 is 2.23 bits per heavy atom. The molecule has 7 nitrogen and oxygen atoms in total. The molecule has 0 aliphatic carbocycles. The fourth-order valence-electron chi connectivity index (χ4n) is 2.38. The van der Waals surface area contributed by atoms with Crippen LogP contribution in [0.15, 0.2) is 24.7 Å². The number of aromatic nitrogens is 4. The molecule has 0 radical (unpaired) electrons. The summed E-state index contributed by atoms with van der Waals surface area (Å²) in [5.74, 6) is 0.514. The van der Waals surface area contributed by atoms with Crippen LogP contribution in [0.4, 0.5) is 0 Å². The summed E-state index contributed by atoms with van der Waals surface area (Å²) in [5.41, 5.74) is 1.25. The van der Waals surface area contributed by atoms with Crippen molar-refractivity contribution >= 4 is 5.91 Å². The number of carbonyl (C=O) groups is 1. The van der Waals surface area contributed by atoms with Crippen LogP contribution in [-0.2, 0) is 18.3 Å². The van der Waals surface area contributed by atoms with Crippen LogP contribution in [0.3, 0.4) is 0 Å². The van der Waals surface area contributed by atoms with Crippen LogP contribution in [0, 0.1) is 0 Å². The third-order valence-electron chi connectivity index (χ3n) is 3.59. The fraction of sp³-hybridized carbons (Fsp3) is 0.467. The molecule has 0 aromatic carbocycles. The van der Waals surface area contributed by atoms with Crippen LogP contribution in [0.5, 0.6) is 0 Å². The molecule has 1 atom stereocenters. The number of rotatable bonds is 4. The minimum Gasteiger partial charge on any atom is -0.370 e. The standard InChI is InChI=1S/C15H19N5O2/c1-20-6-5-12(19-20)15(21)18-10-11-8-16-14(17-9-11)13-4-2-3-7-22-13/h5-6,8-9,13H,2-4,7,10H2,1H3,(H,18,21)/t13-/m0/s1. The van der Waals surface area contributed by atoms with E-state index in [4.69, 9.17) is 4.74 Å². The minimum absolute atomic E-state index is 0.00547. The van der Waals surface area contributed by atoms with Crippen LogP contribution in [0.2, 0.25) is 0 Å². The van der Waals surface area contributed by atoms with Gasteiger partial charge in [-0.05, 0) is 25.3 Å². The fourth-order valence-corrected chi connectivity index (χ4v) is 2.38. The van der Waals surface area contributed by atoms with Crippen molar-refractivity contribution < 1.29 is 9.53 Å². The first-order valence-electron chi connectivity index (χ1n) is 7.42. The topological polar surface area (TPSA) is 81.9 Å². The lowest BCUT2D eigenvalue weighted by Gasteiger charge is -2.21. The molecule has 7 heteroatoms. The number of nitrogens with zero attached hydrogens (tertiary/aromatic N) is 4. The number of hydrogen-bond donors (Lipinski definition) is 1. The highest BCUT2D eigenvalue weighted by atomic mass is 16.5. The Bertz CT molecular complexity index is 632. The van der Waals surface area contributed by atoms with Gasteiger partial charge in [-0.25, -0.2) is 9.97 Å². The molecule has 3 rings (SSSR count). The molecule has 0 spiro atoms. The molecule has 0 bridgehead atoms.